The number of aryl methyl sites for hydroxylation is 1. The van der Waals surface area contributed by atoms with Crippen LogP contribution < -0.4 is 4.74 Å². The Morgan fingerprint density at radius 1 is 1.21 bits per heavy atom. The number of hydrogen-bond acceptors (Lipinski definition) is 5. The Morgan fingerprint density at radius 3 is 2.89 bits per heavy atom. The van der Waals surface area contributed by atoms with Crippen molar-refractivity contribution < 1.29 is 14.3 Å². The van der Waals surface area contributed by atoms with Gasteiger partial charge in [-0.05, 0) is 57.9 Å². The van der Waals surface area contributed by atoms with Crippen molar-refractivity contribution in [2.24, 2.45) is 0 Å². The van der Waals surface area contributed by atoms with E-state index in [0.29, 0.717) is 24.7 Å². The summed E-state index contributed by atoms with van der Waals surface area (Å²) in [6, 6.07) is 7.82. The Kier molecular flexibility index (Phi) is 4.66. The molecule has 0 saturated heterocycles. The van der Waals surface area contributed by atoms with E-state index in [1.165, 1.54) is 6.33 Å². The van der Waals surface area contributed by atoms with Gasteiger partial charge in [-0.1, -0.05) is 0 Å². The molecule has 0 saturated carbocycles. The van der Waals surface area contributed by atoms with Gasteiger partial charge in [-0.3, -0.25) is 0 Å². The van der Waals surface area contributed by atoms with Gasteiger partial charge >= 0.3 is 6.09 Å². The molecule has 1 N–H and O–H groups in total. The van der Waals surface area contributed by atoms with Crippen LogP contribution in [0.15, 0.2) is 36.8 Å². The summed E-state index contributed by atoms with van der Waals surface area (Å²) in [5.41, 5.74) is 2.26. The molecular formula is C21H24N4O3. The van der Waals surface area contributed by atoms with Gasteiger partial charge in [0.2, 0.25) is 5.88 Å². The number of hydrogen-bond donors (Lipinski definition) is 1. The van der Waals surface area contributed by atoms with E-state index < -0.39 is 5.60 Å². The molecule has 7 nitrogen and oxygen atoms in total. The van der Waals surface area contributed by atoms with Gasteiger partial charge < -0.3 is 19.4 Å². The van der Waals surface area contributed by atoms with Gasteiger partial charge in [-0.2, -0.15) is 0 Å². The Hall–Kier alpha value is -3.09. The van der Waals surface area contributed by atoms with Crippen molar-refractivity contribution in [2.45, 2.75) is 45.8 Å². The van der Waals surface area contributed by atoms with Crippen molar-refractivity contribution >= 4 is 17.0 Å². The summed E-state index contributed by atoms with van der Waals surface area (Å²) in [5, 5.41) is 1.06. The van der Waals surface area contributed by atoms with Crippen LogP contribution in [-0.2, 0) is 17.7 Å². The van der Waals surface area contributed by atoms with Crippen LogP contribution in [0.1, 0.15) is 38.4 Å². The number of rotatable bonds is 2. The van der Waals surface area contributed by atoms with E-state index in [9.17, 15) is 4.79 Å². The molecule has 3 heterocycles. The Labute approximate surface area is 163 Å². The molecule has 0 spiro atoms. The van der Waals surface area contributed by atoms with Gasteiger partial charge in [0.1, 0.15) is 17.7 Å². The number of benzene rings is 1. The molecule has 0 fully saturated rings. The highest BCUT2D eigenvalue weighted by Crippen LogP contribution is 2.30. The lowest BCUT2D eigenvalue weighted by Gasteiger charge is -2.26. The van der Waals surface area contributed by atoms with E-state index in [4.69, 9.17) is 9.47 Å². The third kappa shape index (κ3) is 3.93. The van der Waals surface area contributed by atoms with E-state index in [1.54, 1.807) is 4.90 Å². The summed E-state index contributed by atoms with van der Waals surface area (Å²) in [5.74, 6) is 1.18. The second-order valence-corrected chi connectivity index (χ2v) is 7.94. The van der Waals surface area contributed by atoms with Crippen LogP contribution in [-0.4, -0.2) is 38.1 Å². The first-order valence-electron chi connectivity index (χ1n) is 9.45. The molecule has 7 heteroatoms. The van der Waals surface area contributed by atoms with Crippen LogP contribution in [0.25, 0.3) is 10.9 Å². The summed E-state index contributed by atoms with van der Waals surface area (Å²) in [4.78, 5) is 26.2. The smallest absolute Gasteiger partial charge is 0.410 e. The number of amides is 1. The third-order valence-corrected chi connectivity index (χ3v) is 4.58. The molecule has 1 aromatic carbocycles. The van der Waals surface area contributed by atoms with Gasteiger partial charge in [0.15, 0.2) is 0 Å². The summed E-state index contributed by atoms with van der Waals surface area (Å²) >= 11 is 0. The summed E-state index contributed by atoms with van der Waals surface area (Å²) in [7, 11) is 0. The molecule has 28 heavy (non-hydrogen) atoms. The van der Waals surface area contributed by atoms with Crippen molar-refractivity contribution in [1.82, 2.24) is 19.9 Å². The van der Waals surface area contributed by atoms with Gasteiger partial charge in [0, 0.05) is 23.6 Å². The predicted molar refractivity (Wildman–Crippen MR) is 105 cm³/mol. The maximum atomic E-state index is 12.6. The quantitative estimate of drug-likeness (QED) is 0.711. The van der Waals surface area contributed by atoms with Gasteiger partial charge in [0.25, 0.3) is 0 Å². The fourth-order valence-electron chi connectivity index (χ4n) is 3.29. The predicted octanol–water partition coefficient (Wildman–Crippen LogP) is 4.43. The number of fused-ring (bicyclic) bond motifs is 2. The summed E-state index contributed by atoms with van der Waals surface area (Å²) in [6.45, 7) is 6.58. The number of carbonyl (C=O) groups excluding carboxylic acids is 1. The highest BCUT2D eigenvalue weighted by molar-refractivity contribution is 5.80. The first-order chi connectivity index (χ1) is 13.4. The molecule has 0 bridgehead atoms. The summed E-state index contributed by atoms with van der Waals surface area (Å²) < 4.78 is 11.6. The zero-order valence-electron chi connectivity index (χ0n) is 16.4. The van der Waals surface area contributed by atoms with Crippen LogP contribution in [0, 0.1) is 0 Å². The maximum absolute atomic E-state index is 12.6. The van der Waals surface area contributed by atoms with Crippen LogP contribution in [0.4, 0.5) is 4.79 Å². The molecule has 0 unspecified atom stereocenters. The lowest BCUT2D eigenvalue weighted by atomic mass is 10.1. The normalized spacial score (nSPS) is 14.5. The molecule has 0 atom stereocenters. The number of aromatic amines is 1. The van der Waals surface area contributed by atoms with E-state index in [2.05, 4.69) is 15.0 Å². The third-order valence-electron chi connectivity index (χ3n) is 4.58. The Balaban J connectivity index is 1.61. The molecule has 1 aliphatic rings. The molecule has 0 aliphatic carbocycles. The topological polar surface area (TPSA) is 80.3 Å². The van der Waals surface area contributed by atoms with E-state index in [1.807, 2.05) is 51.2 Å². The first-order valence-corrected chi connectivity index (χ1v) is 9.45. The molecule has 0 radical (unpaired) electrons. The largest absolute Gasteiger partial charge is 0.444 e. The van der Waals surface area contributed by atoms with Crippen molar-refractivity contribution in [3.05, 3.63) is 48.0 Å². The minimum atomic E-state index is -0.537. The monoisotopic (exact) mass is 380 g/mol. The average Bonchev–Trinajstić information content (AvgIpc) is 2.97. The van der Waals surface area contributed by atoms with Crippen molar-refractivity contribution in [3.63, 3.8) is 0 Å². The molecular weight excluding hydrogens is 356 g/mol. The highest BCUT2D eigenvalue weighted by Gasteiger charge is 2.27. The summed E-state index contributed by atoms with van der Waals surface area (Å²) in [6.07, 6.45) is 4.67. The van der Waals surface area contributed by atoms with Gasteiger partial charge in [0.05, 0.1) is 17.8 Å². The Bertz CT molecular complexity index is 1010. The second kappa shape index (κ2) is 7.14. The molecule has 4 rings (SSSR count). The first kappa shape index (κ1) is 18.3. The van der Waals surface area contributed by atoms with Crippen LogP contribution in [0.5, 0.6) is 11.6 Å². The number of nitrogens with one attached hydrogen (secondary N) is 1. The number of H-pyrrole nitrogens is 1. The lowest BCUT2D eigenvalue weighted by molar-refractivity contribution is 0.0236. The average molecular weight is 380 g/mol. The SMILES string of the molecule is CC(C)(C)OC(=O)N1CCCc2ncnc(Oc3ccc4[nH]ccc4c3)c2C1. The van der Waals surface area contributed by atoms with Crippen molar-refractivity contribution in [2.75, 3.05) is 6.54 Å². The Morgan fingerprint density at radius 2 is 2.07 bits per heavy atom. The van der Waals surface area contributed by atoms with E-state index >= 15 is 0 Å². The number of nitrogens with zero attached hydrogens (tertiary/aromatic N) is 3. The van der Waals surface area contributed by atoms with Crippen LogP contribution >= 0.6 is 0 Å². The zero-order chi connectivity index (χ0) is 19.7. The number of aromatic nitrogens is 3. The van der Waals surface area contributed by atoms with Crippen LogP contribution in [0.2, 0.25) is 0 Å². The molecule has 2 aromatic heterocycles. The van der Waals surface area contributed by atoms with Crippen molar-refractivity contribution in [1.29, 1.82) is 0 Å². The van der Waals surface area contributed by atoms with Gasteiger partial charge in [-0.25, -0.2) is 14.8 Å². The number of ether oxygens (including phenoxy) is 2. The van der Waals surface area contributed by atoms with E-state index in [-0.39, 0.29) is 6.09 Å². The highest BCUT2D eigenvalue weighted by atomic mass is 16.6. The standard InChI is InChI=1S/C21H24N4O3/c1-21(2,3)28-20(26)25-10-4-5-18-16(12-25)19(24-13-23-18)27-15-6-7-17-14(11-15)8-9-22-17/h6-9,11,13,22H,4-5,10,12H2,1-3H3. The minimum absolute atomic E-state index is 0.330. The van der Waals surface area contributed by atoms with Gasteiger partial charge in [-0.15, -0.1) is 0 Å². The number of carbonyl (C=O) groups is 1. The fourth-order valence-corrected chi connectivity index (χ4v) is 3.29. The molecule has 3 aromatic rings. The molecule has 1 aliphatic heterocycles. The van der Waals surface area contributed by atoms with Crippen LogP contribution in [0.3, 0.4) is 0 Å². The van der Waals surface area contributed by atoms with E-state index in [0.717, 1.165) is 35.0 Å². The van der Waals surface area contributed by atoms with Crippen molar-refractivity contribution in [3.8, 4) is 11.6 Å². The fraction of sp³-hybridized carbons (Fsp3) is 0.381. The zero-order valence-corrected chi connectivity index (χ0v) is 16.4. The lowest BCUT2D eigenvalue weighted by Crippen LogP contribution is -2.36. The second-order valence-electron chi connectivity index (χ2n) is 7.94. The molecule has 146 valence electrons. The maximum Gasteiger partial charge on any atom is 0.410 e. The minimum Gasteiger partial charge on any atom is -0.444 e. The molecule has 1 amide bonds.